The molecule has 2 aromatic rings. The highest BCUT2D eigenvalue weighted by molar-refractivity contribution is 8.00. The minimum atomic E-state index is 0.181. The van der Waals surface area contributed by atoms with Crippen LogP contribution in [0, 0.1) is 0 Å². The van der Waals surface area contributed by atoms with Crippen molar-refractivity contribution in [3.8, 4) is 0 Å². The summed E-state index contributed by atoms with van der Waals surface area (Å²) in [4.78, 5) is 24.9. The zero-order valence-corrected chi connectivity index (χ0v) is 15.3. The zero-order valence-electron chi connectivity index (χ0n) is 14.5. The average Bonchev–Trinajstić information content (AvgIpc) is 2.89. The zero-order chi connectivity index (χ0) is 16.9. The number of rotatable bonds is 5. The van der Waals surface area contributed by atoms with Gasteiger partial charge in [-0.1, -0.05) is 19.1 Å². The number of aromatic nitrogens is 2. The number of carbonyl (C=O) groups excluding carboxylic acids is 1. The normalized spacial score (nSPS) is 17.8. The summed E-state index contributed by atoms with van der Waals surface area (Å²) < 4.78 is 0. The SMILES string of the molecule is CCN1CCCN(C(=O)CS[C@H](C)c2nc3ccccc3[nH]2)CC1. The summed E-state index contributed by atoms with van der Waals surface area (Å²) in [7, 11) is 0. The number of para-hydroxylation sites is 2. The van der Waals surface area contributed by atoms with Crippen LogP contribution in [-0.2, 0) is 4.79 Å². The van der Waals surface area contributed by atoms with E-state index in [0.717, 1.165) is 56.0 Å². The average molecular weight is 347 g/mol. The molecule has 0 spiro atoms. The van der Waals surface area contributed by atoms with Crippen LogP contribution in [0.4, 0.5) is 0 Å². The molecule has 1 saturated heterocycles. The predicted octanol–water partition coefficient (Wildman–Crippen LogP) is 2.91. The smallest absolute Gasteiger partial charge is 0.232 e. The number of amides is 1. The lowest BCUT2D eigenvalue weighted by atomic mass is 10.3. The third kappa shape index (κ3) is 4.11. The van der Waals surface area contributed by atoms with Crippen molar-refractivity contribution >= 4 is 28.7 Å². The molecule has 5 nitrogen and oxygen atoms in total. The lowest BCUT2D eigenvalue weighted by Crippen LogP contribution is -2.36. The van der Waals surface area contributed by atoms with Crippen molar-refractivity contribution in [1.82, 2.24) is 19.8 Å². The van der Waals surface area contributed by atoms with Gasteiger partial charge in [0.15, 0.2) is 0 Å². The third-order valence-corrected chi connectivity index (χ3v) is 5.77. The molecule has 0 radical (unpaired) electrons. The highest BCUT2D eigenvalue weighted by Gasteiger charge is 2.20. The first-order valence-electron chi connectivity index (χ1n) is 8.73. The van der Waals surface area contributed by atoms with Gasteiger partial charge in [0.25, 0.3) is 0 Å². The Labute approximate surface area is 147 Å². The van der Waals surface area contributed by atoms with Gasteiger partial charge >= 0.3 is 0 Å². The van der Waals surface area contributed by atoms with Crippen LogP contribution in [0.25, 0.3) is 11.0 Å². The van der Waals surface area contributed by atoms with Gasteiger partial charge in [-0.05, 0) is 38.6 Å². The molecular formula is C18H26N4OS. The van der Waals surface area contributed by atoms with E-state index in [4.69, 9.17) is 0 Å². The number of H-pyrrole nitrogens is 1. The number of imidazole rings is 1. The summed E-state index contributed by atoms with van der Waals surface area (Å²) in [5.74, 6) is 1.72. The van der Waals surface area contributed by atoms with E-state index in [9.17, 15) is 4.79 Å². The summed E-state index contributed by atoms with van der Waals surface area (Å²) in [6, 6.07) is 8.04. The molecule has 1 aliphatic rings. The Morgan fingerprint density at radius 1 is 1.29 bits per heavy atom. The molecule has 1 fully saturated rings. The molecule has 0 saturated carbocycles. The second-order valence-electron chi connectivity index (χ2n) is 6.26. The summed E-state index contributed by atoms with van der Waals surface area (Å²) in [5, 5.41) is 0.181. The number of likely N-dealkylation sites (N-methyl/N-ethyl adjacent to an activating group) is 1. The number of fused-ring (bicyclic) bond motifs is 1. The van der Waals surface area contributed by atoms with Gasteiger partial charge in [-0.2, -0.15) is 0 Å². The van der Waals surface area contributed by atoms with Crippen LogP contribution in [0.3, 0.4) is 0 Å². The Hall–Kier alpha value is -1.53. The Kier molecular flexibility index (Phi) is 5.79. The van der Waals surface area contributed by atoms with Gasteiger partial charge in [-0.15, -0.1) is 11.8 Å². The molecule has 1 aliphatic heterocycles. The molecule has 6 heteroatoms. The number of hydrogen-bond donors (Lipinski definition) is 1. The van der Waals surface area contributed by atoms with E-state index < -0.39 is 0 Å². The highest BCUT2D eigenvalue weighted by Crippen LogP contribution is 2.28. The Morgan fingerprint density at radius 2 is 2.12 bits per heavy atom. The molecule has 1 amide bonds. The van der Waals surface area contributed by atoms with E-state index in [1.165, 1.54) is 0 Å². The van der Waals surface area contributed by atoms with Gasteiger partial charge in [-0.3, -0.25) is 4.79 Å². The molecule has 1 aromatic carbocycles. The standard InChI is InChI=1S/C18H26N4OS/c1-3-21-9-6-10-22(12-11-21)17(23)13-24-14(2)18-19-15-7-4-5-8-16(15)20-18/h4-5,7-8,14H,3,6,9-13H2,1-2H3,(H,19,20)/t14-/m1/s1. The van der Waals surface area contributed by atoms with Crippen LogP contribution in [0.2, 0.25) is 0 Å². The van der Waals surface area contributed by atoms with Crippen LogP contribution in [0.15, 0.2) is 24.3 Å². The molecule has 0 unspecified atom stereocenters. The molecule has 3 rings (SSSR count). The van der Waals surface area contributed by atoms with E-state index in [1.54, 1.807) is 11.8 Å². The number of hydrogen-bond acceptors (Lipinski definition) is 4. The summed E-state index contributed by atoms with van der Waals surface area (Å²) >= 11 is 1.66. The fraction of sp³-hybridized carbons (Fsp3) is 0.556. The van der Waals surface area contributed by atoms with Crippen LogP contribution < -0.4 is 0 Å². The maximum atomic E-state index is 12.5. The van der Waals surface area contributed by atoms with E-state index in [2.05, 4.69) is 28.7 Å². The van der Waals surface area contributed by atoms with Crippen LogP contribution in [0.1, 0.15) is 31.3 Å². The van der Waals surface area contributed by atoms with E-state index >= 15 is 0 Å². The van der Waals surface area contributed by atoms with Crippen molar-refractivity contribution < 1.29 is 4.79 Å². The predicted molar refractivity (Wildman–Crippen MR) is 100 cm³/mol. The molecule has 24 heavy (non-hydrogen) atoms. The van der Waals surface area contributed by atoms with Gasteiger partial charge in [0, 0.05) is 19.6 Å². The number of benzene rings is 1. The second-order valence-corrected chi connectivity index (χ2v) is 7.59. The van der Waals surface area contributed by atoms with Gasteiger partial charge < -0.3 is 14.8 Å². The van der Waals surface area contributed by atoms with Crippen LogP contribution >= 0.6 is 11.8 Å². The molecule has 1 N–H and O–H groups in total. The lowest BCUT2D eigenvalue weighted by Gasteiger charge is -2.21. The summed E-state index contributed by atoms with van der Waals surface area (Å²) in [6.45, 7) is 9.19. The third-order valence-electron chi connectivity index (χ3n) is 4.64. The van der Waals surface area contributed by atoms with Crippen molar-refractivity contribution in [3.63, 3.8) is 0 Å². The van der Waals surface area contributed by atoms with Crippen LogP contribution in [-0.4, -0.2) is 64.2 Å². The van der Waals surface area contributed by atoms with Crippen molar-refractivity contribution in [2.24, 2.45) is 0 Å². The van der Waals surface area contributed by atoms with Gasteiger partial charge in [-0.25, -0.2) is 4.98 Å². The number of carbonyl (C=O) groups is 1. The Morgan fingerprint density at radius 3 is 2.92 bits per heavy atom. The highest BCUT2D eigenvalue weighted by atomic mass is 32.2. The summed E-state index contributed by atoms with van der Waals surface area (Å²) in [6.07, 6.45) is 1.07. The maximum absolute atomic E-state index is 12.5. The van der Waals surface area contributed by atoms with E-state index in [1.807, 2.05) is 29.2 Å². The monoisotopic (exact) mass is 346 g/mol. The van der Waals surface area contributed by atoms with Crippen molar-refractivity contribution in [2.75, 3.05) is 38.5 Å². The number of aromatic amines is 1. The van der Waals surface area contributed by atoms with Gasteiger partial charge in [0.2, 0.25) is 5.91 Å². The molecule has 1 aromatic heterocycles. The van der Waals surface area contributed by atoms with Crippen molar-refractivity contribution in [2.45, 2.75) is 25.5 Å². The molecule has 2 heterocycles. The lowest BCUT2D eigenvalue weighted by molar-refractivity contribution is -0.128. The molecule has 0 aliphatic carbocycles. The molecule has 130 valence electrons. The quantitative estimate of drug-likeness (QED) is 0.904. The molecular weight excluding hydrogens is 320 g/mol. The first-order valence-corrected chi connectivity index (χ1v) is 9.78. The van der Waals surface area contributed by atoms with E-state index in [0.29, 0.717) is 5.75 Å². The summed E-state index contributed by atoms with van der Waals surface area (Å²) in [5.41, 5.74) is 2.04. The molecule has 1 atom stereocenters. The molecule has 0 bridgehead atoms. The fourth-order valence-corrected chi connectivity index (χ4v) is 3.91. The number of thioether (sulfide) groups is 1. The van der Waals surface area contributed by atoms with Gasteiger partial charge in [0.05, 0.1) is 22.0 Å². The largest absolute Gasteiger partial charge is 0.341 e. The Bertz CT molecular complexity index is 653. The van der Waals surface area contributed by atoms with Crippen molar-refractivity contribution in [3.05, 3.63) is 30.1 Å². The maximum Gasteiger partial charge on any atom is 0.232 e. The van der Waals surface area contributed by atoms with Gasteiger partial charge in [0.1, 0.15) is 5.82 Å². The number of nitrogens with one attached hydrogen (secondary N) is 1. The first kappa shape index (κ1) is 17.3. The second kappa shape index (κ2) is 8.03. The Balaban J connectivity index is 1.53. The topological polar surface area (TPSA) is 52.2 Å². The fourth-order valence-electron chi connectivity index (χ4n) is 3.07. The number of nitrogens with zero attached hydrogens (tertiary/aromatic N) is 3. The van der Waals surface area contributed by atoms with Crippen molar-refractivity contribution in [1.29, 1.82) is 0 Å². The minimum absolute atomic E-state index is 0.181. The van der Waals surface area contributed by atoms with E-state index in [-0.39, 0.29) is 11.2 Å². The van der Waals surface area contributed by atoms with Crippen LogP contribution in [0.5, 0.6) is 0 Å². The first-order chi connectivity index (χ1) is 11.7. The minimum Gasteiger partial charge on any atom is -0.341 e.